The standard InChI is InChI=1S/C22H42O2/c1-4-7-9-11-12-14-18-22(24)21(17-13-10-8-5-2)20(6-3)16-15-19-23/h6,22-24H,3-5,7-19H2,1-2H3/b21-20+. The number of rotatable bonds is 17. The molecule has 0 saturated heterocycles. The molecule has 2 heteroatoms. The Hall–Kier alpha value is -0.600. The third kappa shape index (κ3) is 11.9. The molecule has 0 spiro atoms. The summed E-state index contributed by atoms with van der Waals surface area (Å²) in [5.41, 5.74) is 2.35. The lowest BCUT2D eigenvalue weighted by Crippen LogP contribution is -2.13. The smallest absolute Gasteiger partial charge is 0.0755 e. The van der Waals surface area contributed by atoms with Gasteiger partial charge in [-0.3, -0.25) is 0 Å². The summed E-state index contributed by atoms with van der Waals surface area (Å²) in [7, 11) is 0. The molecule has 0 aromatic heterocycles. The van der Waals surface area contributed by atoms with Crippen LogP contribution in [0.5, 0.6) is 0 Å². The predicted molar refractivity (Wildman–Crippen MR) is 106 cm³/mol. The van der Waals surface area contributed by atoms with E-state index in [0.29, 0.717) is 0 Å². The van der Waals surface area contributed by atoms with Crippen molar-refractivity contribution in [2.45, 2.75) is 110 Å². The van der Waals surface area contributed by atoms with Crippen LogP contribution in [0, 0.1) is 0 Å². The number of hydrogen-bond acceptors (Lipinski definition) is 2. The number of aliphatic hydroxyl groups excluding tert-OH is 2. The second kappa shape index (κ2) is 17.2. The van der Waals surface area contributed by atoms with Gasteiger partial charge in [-0.25, -0.2) is 0 Å². The average molecular weight is 339 g/mol. The molecule has 142 valence electrons. The Morgan fingerprint density at radius 2 is 1.42 bits per heavy atom. The number of allylic oxidation sites excluding steroid dienone is 2. The Morgan fingerprint density at radius 3 is 2.00 bits per heavy atom. The van der Waals surface area contributed by atoms with Gasteiger partial charge in [0.25, 0.3) is 0 Å². The molecule has 0 bridgehead atoms. The van der Waals surface area contributed by atoms with Crippen LogP contribution >= 0.6 is 0 Å². The minimum Gasteiger partial charge on any atom is -0.396 e. The first-order valence-electron chi connectivity index (χ1n) is 10.3. The minimum atomic E-state index is -0.329. The van der Waals surface area contributed by atoms with Crippen LogP contribution in [0.25, 0.3) is 0 Å². The molecule has 0 aliphatic rings. The molecule has 2 N–H and O–H groups in total. The summed E-state index contributed by atoms with van der Waals surface area (Å²) in [6.07, 6.45) is 17.4. The molecular formula is C22H42O2. The van der Waals surface area contributed by atoms with Crippen molar-refractivity contribution < 1.29 is 10.2 Å². The summed E-state index contributed by atoms with van der Waals surface area (Å²) < 4.78 is 0. The Morgan fingerprint density at radius 1 is 0.833 bits per heavy atom. The minimum absolute atomic E-state index is 0.202. The second-order valence-corrected chi connectivity index (χ2v) is 6.96. The predicted octanol–water partition coefficient (Wildman–Crippen LogP) is 6.32. The van der Waals surface area contributed by atoms with E-state index in [0.717, 1.165) is 38.5 Å². The van der Waals surface area contributed by atoms with Crippen LogP contribution in [0.15, 0.2) is 23.8 Å². The summed E-state index contributed by atoms with van der Waals surface area (Å²) in [6, 6.07) is 0. The fraction of sp³-hybridized carbons (Fsp3) is 0.818. The van der Waals surface area contributed by atoms with E-state index in [1.54, 1.807) is 0 Å². The summed E-state index contributed by atoms with van der Waals surface area (Å²) in [5.74, 6) is 0. The molecule has 0 aliphatic heterocycles. The van der Waals surface area contributed by atoms with Gasteiger partial charge >= 0.3 is 0 Å². The van der Waals surface area contributed by atoms with Gasteiger partial charge in [-0.2, -0.15) is 0 Å². The monoisotopic (exact) mass is 338 g/mol. The fourth-order valence-corrected chi connectivity index (χ4v) is 3.24. The molecule has 1 atom stereocenters. The lowest BCUT2D eigenvalue weighted by Gasteiger charge is -2.19. The van der Waals surface area contributed by atoms with Crippen molar-refractivity contribution >= 4 is 0 Å². The van der Waals surface area contributed by atoms with Crippen LogP contribution in [0.1, 0.15) is 104 Å². The second-order valence-electron chi connectivity index (χ2n) is 6.96. The fourth-order valence-electron chi connectivity index (χ4n) is 3.24. The summed E-state index contributed by atoms with van der Waals surface area (Å²) >= 11 is 0. The maximum Gasteiger partial charge on any atom is 0.0755 e. The van der Waals surface area contributed by atoms with Crippen LogP contribution in [0.3, 0.4) is 0 Å². The Kier molecular flexibility index (Phi) is 16.8. The van der Waals surface area contributed by atoms with Crippen molar-refractivity contribution in [3.05, 3.63) is 23.8 Å². The molecule has 0 saturated carbocycles. The molecule has 0 aromatic rings. The lowest BCUT2D eigenvalue weighted by molar-refractivity contribution is 0.189. The van der Waals surface area contributed by atoms with Crippen molar-refractivity contribution in [1.82, 2.24) is 0 Å². The zero-order valence-electron chi connectivity index (χ0n) is 16.4. The van der Waals surface area contributed by atoms with Gasteiger partial charge in [-0.1, -0.05) is 84.3 Å². The first-order chi connectivity index (χ1) is 11.7. The first kappa shape index (κ1) is 23.4. The van der Waals surface area contributed by atoms with E-state index in [1.165, 1.54) is 62.5 Å². The van der Waals surface area contributed by atoms with Gasteiger partial charge in [0.1, 0.15) is 0 Å². The Labute approximate surface area is 151 Å². The van der Waals surface area contributed by atoms with Gasteiger partial charge in [0, 0.05) is 6.61 Å². The molecule has 0 aromatic carbocycles. The number of aliphatic hydroxyl groups is 2. The molecule has 0 amide bonds. The third-order valence-electron chi connectivity index (χ3n) is 4.80. The van der Waals surface area contributed by atoms with E-state index in [1.807, 2.05) is 6.08 Å². The molecule has 2 nitrogen and oxygen atoms in total. The lowest BCUT2D eigenvalue weighted by atomic mass is 9.91. The SMILES string of the molecule is C=C/C(CCCO)=C(/CCCCCC)C(O)CCCCCCCC. The molecule has 0 rings (SSSR count). The van der Waals surface area contributed by atoms with Crippen molar-refractivity contribution in [3.8, 4) is 0 Å². The van der Waals surface area contributed by atoms with E-state index in [2.05, 4.69) is 20.4 Å². The van der Waals surface area contributed by atoms with Crippen molar-refractivity contribution in [3.63, 3.8) is 0 Å². The molecule has 0 heterocycles. The van der Waals surface area contributed by atoms with Gasteiger partial charge in [0.05, 0.1) is 6.10 Å². The number of unbranched alkanes of at least 4 members (excludes halogenated alkanes) is 8. The molecule has 24 heavy (non-hydrogen) atoms. The first-order valence-corrected chi connectivity index (χ1v) is 10.3. The summed E-state index contributed by atoms with van der Waals surface area (Å²) in [6.45, 7) is 8.60. The van der Waals surface area contributed by atoms with Crippen LogP contribution in [0.4, 0.5) is 0 Å². The molecule has 1 unspecified atom stereocenters. The van der Waals surface area contributed by atoms with Crippen molar-refractivity contribution in [1.29, 1.82) is 0 Å². The van der Waals surface area contributed by atoms with Gasteiger partial charge < -0.3 is 10.2 Å². The van der Waals surface area contributed by atoms with E-state index >= 15 is 0 Å². The van der Waals surface area contributed by atoms with Gasteiger partial charge in [0.15, 0.2) is 0 Å². The quantitative estimate of drug-likeness (QED) is 0.240. The van der Waals surface area contributed by atoms with Crippen LogP contribution < -0.4 is 0 Å². The topological polar surface area (TPSA) is 40.5 Å². The molecule has 0 radical (unpaired) electrons. The zero-order chi connectivity index (χ0) is 18.0. The molecular weight excluding hydrogens is 296 g/mol. The van der Waals surface area contributed by atoms with Gasteiger partial charge in [-0.05, 0) is 43.3 Å². The van der Waals surface area contributed by atoms with E-state index in [9.17, 15) is 5.11 Å². The van der Waals surface area contributed by atoms with E-state index in [-0.39, 0.29) is 12.7 Å². The highest BCUT2D eigenvalue weighted by molar-refractivity contribution is 5.27. The normalized spacial score (nSPS) is 13.7. The Balaban J connectivity index is 4.52. The van der Waals surface area contributed by atoms with Gasteiger partial charge in [0.2, 0.25) is 0 Å². The average Bonchev–Trinajstić information content (AvgIpc) is 2.59. The number of hydrogen-bond donors (Lipinski definition) is 2. The highest BCUT2D eigenvalue weighted by atomic mass is 16.3. The highest BCUT2D eigenvalue weighted by Gasteiger charge is 2.14. The maximum atomic E-state index is 10.7. The van der Waals surface area contributed by atoms with Gasteiger partial charge in [-0.15, -0.1) is 0 Å². The highest BCUT2D eigenvalue weighted by Crippen LogP contribution is 2.25. The van der Waals surface area contributed by atoms with E-state index in [4.69, 9.17) is 5.11 Å². The molecule has 0 aliphatic carbocycles. The van der Waals surface area contributed by atoms with Crippen molar-refractivity contribution in [2.75, 3.05) is 6.61 Å². The van der Waals surface area contributed by atoms with Crippen LogP contribution in [-0.4, -0.2) is 22.9 Å². The zero-order valence-corrected chi connectivity index (χ0v) is 16.4. The largest absolute Gasteiger partial charge is 0.396 e. The van der Waals surface area contributed by atoms with E-state index < -0.39 is 0 Å². The summed E-state index contributed by atoms with van der Waals surface area (Å²) in [5, 5.41) is 19.8. The molecule has 0 fully saturated rings. The van der Waals surface area contributed by atoms with Crippen molar-refractivity contribution in [2.24, 2.45) is 0 Å². The van der Waals surface area contributed by atoms with Crippen LogP contribution in [0.2, 0.25) is 0 Å². The van der Waals surface area contributed by atoms with Crippen LogP contribution in [-0.2, 0) is 0 Å². The maximum absolute atomic E-state index is 10.7. The summed E-state index contributed by atoms with van der Waals surface area (Å²) in [4.78, 5) is 0. The third-order valence-corrected chi connectivity index (χ3v) is 4.80. The Bertz CT molecular complexity index is 320.